The number of ether oxygens (including phenoxy) is 1. The molecule has 1 aliphatic rings. The Labute approximate surface area is 102 Å². The number of nitrogens with zero attached hydrogens (tertiary/aromatic N) is 2. The van der Waals surface area contributed by atoms with Gasteiger partial charge in [0, 0.05) is 25.0 Å². The molecule has 0 aliphatic carbocycles. The highest BCUT2D eigenvalue weighted by atomic mass is 32.1. The summed E-state index contributed by atoms with van der Waals surface area (Å²) in [5.41, 5.74) is 1.29. The smallest absolute Gasteiger partial charge is 0.193 e. The van der Waals surface area contributed by atoms with E-state index in [1.807, 2.05) is 28.9 Å². The average Bonchev–Trinajstić information content (AvgIpc) is 3.01. The molecular weight excluding hydrogens is 232 g/mol. The Kier molecular flexibility index (Phi) is 1.82. The maximum absolute atomic E-state index is 5.96. The molecule has 4 heteroatoms. The number of fused-ring (bicyclic) bond motifs is 2. The van der Waals surface area contributed by atoms with Crippen molar-refractivity contribution in [2.24, 2.45) is 0 Å². The zero-order valence-electron chi connectivity index (χ0n) is 9.04. The van der Waals surface area contributed by atoms with Crippen LogP contribution in [0.15, 0.2) is 42.9 Å². The van der Waals surface area contributed by atoms with Gasteiger partial charge in [0.25, 0.3) is 0 Å². The van der Waals surface area contributed by atoms with E-state index in [1.165, 1.54) is 10.4 Å². The van der Waals surface area contributed by atoms with Crippen molar-refractivity contribution in [3.05, 3.63) is 53.3 Å². The lowest BCUT2D eigenvalue weighted by atomic mass is 10.1. The lowest BCUT2D eigenvalue weighted by Gasteiger charge is -2.06. The van der Waals surface area contributed by atoms with E-state index >= 15 is 0 Å². The second-order valence-corrected chi connectivity index (χ2v) is 5.21. The quantitative estimate of drug-likeness (QED) is 0.655. The molecule has 0 bridgehead atoms. The summed E-state index contributed by atoms with van der Waals surface area (Å²) in [7, 11) is 0. The van der Waals surface area contributed by atoms with Crippen molar-refractivity contribution >= 4 is 16.3 Å². The van der Waals surface area contributed by atoms with Gasteiger partial charge in [-0.15, -0.1) is 0 Å². The van der Waals surface area contributed by atoms with Crippen molar-refractivity contribution in [3.63, 3.8) is 0 Å². The van der Waals surface area contributed by atoms with Gasteiger partial charge in [-0.05, 0) is 11.6 Å². The van der Waals surface area contributed by atoms with E-state index in [2.05, 4.69) is 23.3 Å². The Hall–Kier alpha value is -1.81. The van der Waals surface area contributed by atoms with Crippen LogP contribution in [-0.2, 0) is 6.42 Å². The van der Waals surface area contributed by atoms with Gasteiger partial charge in [0.2, 0.25) is 0 Å². The van der Waals surface area contributed by atoms with E-state index in [0.29, 0.717) is 0 Å². The topological polar surface area (TPSA) is 26.5 Å². The van der Waals surface area contributed by atoms with E-state index in [4.69, 9.17) is 4.74 Å². The number of hydrogen-bond acceptors (Lipinski definition) is 3. The lowest BCUT2D eigenvalue weighted by Crippen LogP contribution is -2.00. The first-order valence-corrected chi connectivity index (χ1v) is 6.39. The number of hydrogen-bond donors (Lipinski definition) is 0. The minimum atomic E-state index is 0.152. The molecule has 4 rings (SSSR count). The summed E-state index contributed by atoms with van der Waals surface area (Å²) in [6.45, 7) is 0. The van der Waals surface area contributed by atoms with Gasteiger partial charge < -0.3 is 4.74 Å². The van der Waals surface area contributed by atoms with Crippen LogP contribution < -0.4 is 4.74 Å². The van der Waals surface area contributed by atoms with Gasteiger partial charge in [0.05, 0.1) is 4.88 Å². The normalized spacial score (nSPS) is 18.2. The van der Waals surface area contributed by atoms with Crippen LogP contribution in [0.2, 0.25) is 0 Å². The molecule has 1 atom stereocenters. The highest BCUT2D eigenvalue weighted by molar-refractivity contribution is 7.17. The van der Waals surface area contributed by atoms with Crippen LogP contribution in [0.5, 0.6) is 5.75 Å². The largest absolute Gasteiger partial charge is 0.484 e. The Morgan fingerprint density at radius 2 is 2.29 bits per heavy atom. The van der Waals surface area contributed by atoms with Gasteiger partial charge in [0.1, 0.15) is 11.9 Å². The van der Waals surface area contributed by atoms with Gasteiger partial charge in [-0.25, -0.2) is 4.98 Å². The third-order valence-electron chi connectivity index (χ3n) is 3.07. The number of benzene rings is 1. The zero-order valence-corrected chi connectivity index (χ0v) is 9.85. The van der Waals surface area contributed by atoms with Crippen molar-refractivity contribution in [1.82, 2.24) is 9.38 Å². The van der Waals surface area contributed by atoms with Gasteiger partial charge in [-0.1, -0.05) is 29.5 Å². The maximum Gasteiger partial charge on any atom is 0.193 e. The van der Waals surface area contributed by atoms with Crippen LogP contribution in [0.1, 0.15) is 16.5 Å². The average molecular weight is 242 g/mol. The molecule has 1 aliphatic heterocycles. The van der Waals surface area contributed by atoms with Crippen LogP contribution in [0.3, 0.4) is 0 Å². The molecule has 84 valence electrons. The molecule has 1 aromatic carbocycles. The molecule has 3 aromatic rings. The van der Waals surface area contributed by atoms with Crippen LogP contribution in [-0.4, -0.2) is 9.38 Å². The molecule has 0 saturated carbocycles. The first-order valence-electron chi connectivity index (χ1n) is 5.57. The van der Waals surface area contributed by atoms with Crippen molar-refractivity contribution in [1.29, 1.82) is 0 Å². The minimum Gasteiger partial charge on any atom is -0.484 e. The first kappa shape index (κ1) is 9.24. The van der Waals surface area contributed by atoms with Gasteiger partial charge in [-0.2, -0.15) is 0 Å². The molecule has 2 aromatic heterocycles. The van der Waals surface area contributed by atoms with E-state index in [-0.39, 0.29) is 6.10 Å². The fourth-order valence-electron chi connectivity index (χ4n) is 2.24. The maximum atomic E-state index is 5.96. The molecular formula is C13H10N2OS. The molecule has 0 fully saturated rings. The van der Waals surface area contributed by atoms with Gasteiger partial charge in [0.15, 0.2) is 4.96 Å². The SMILES string of the molecule is c1ccc2c(c1)CC(c1cn3ccnc3s1)O2. The first-order chi connectivity index (χ1) is 8.40. The van der Waals surface area contributed by atoms with Gasteiger partial charge in [-0.3, -0.25) is 4.40 Å². The van der Waals surface area contributed by atoms with Crippen molar-refractivity contribution in [2.45, 2.75) is 12.5 Å². The second kappa shape index (κ2) is 3.34. The molecule has 0 saturated heterocycles. The highest BCUT2D eigenvalue weighted by Gasteiger charge is 2.25. The number of aromatic nitrogens is 2. The molecule has 1 unspecified atom stereocenters. The molecule has 0 amide bonds. The summed E-state index contributed by atoms with van der Waals surface area (Å²) >= 11 is 1.70. The minimum absolute atomic E-state index is 0.152. The molecule has 0 radical (unpaired) electrons. The summed E-state index contributed by atoms with van der Waals surface area (Å²) < 4.78 is 8.01. The molecule has 3 nitrogen and oxygen atoms in total. The zero-order chi connectivity index (χ0) is 11.2. The Balaban J connectivity index is 1.72. The van der Waals surface area contributed by atoms with Crippen molar-refractivity contribution < 1.29 is 4.74 Å². The molecule has 3 heterocycles. The number of imidazole rings is 1. The van der Waals surface area contributed by atoms with Gasteiger partial charge >= 0.3 is 0 Å². The summed E-state index contributed by atoms with van der Waals surface area (Å²) in [6, 6.07) is 8.25. The van der Waals surface area contributed by atoms with E-state index in [1.54, 1.807) is 11.3 Å². The highest BCUT2D eigenvalue weighted by Crippen LogP contribution is 2.38. The molecule has 0 spiro atoms. The standard InChI is InChI=1S/C13H10N2OS/c1-2-4-10-9(3-1)7-11(16-10)12-8-15-6-5-14-13(15)17-12/h1-6,8,11H,7H2. The van der Waals surface area contributed by atoms with Crippen LogP contribution in [0.4, 0.5) is 0 Å². The van der Waals surface area contributed by atoms with E-state index in [9.17, 15) is 0 Å². The predicted molar refractivity (Wildman–Crippen MR) is 66.6 cm³/mol. The fourth-order valence-corrected chi connectivity index (χ4v) is 3.21. The number of thiazole rings is 1. The third-order valence-corrected chi connectivity index (χ3v) is 4.18. The Morgan fingerprint density at radius 3 is 3.18 bits per heavy atom. The predicted octanol–water partition coefficient (Wildman–Crippen LogP) is 3.07. The number of para-hydroxylation sites is 1. The van der Waals surface area contributed by atoms with E-state index < -0.39 is 0 Å². The summed E-state index contributed by atoms with van der Waals surface area (Å²) in [6.07, 6.45) is 7.01. The third kappa shape index (κ3) is 1.37. The van der Waals surface area contributed by atoms with E-state index in [0.717, 1.165) is 17.1 Å². The lowest BCUT2D eigenvalue weighted by molar-refractivity contribution is 0.242. The summed E-state index contributed by atoms with van der Waals surface area (Å²) in [5.74, 6) is 1.02. The monoisotopic (exact) mass is 242 g/mol. The molecule has 17 heavy (non-hydrogen) atoms. The second-order valence-electron chi connectivity index (χ2n) is 4.17. The fraction of sp³-hybridized carbons (Fsp3) is 0.154. The van der Waals surface area contributed by atoms with Crippen molar-refractivity contribution in [3.8, 4) is 5.75 Å². The Morgan fingerprint density at radius 1 is 1.35 bits per heavy atom. The number of rotatable bonds is 1. The Bertz CT molecular complexity index is 632. The molecule has 0 N–H and O–H groups in total. The van der Waals surface area contributed by atoms with Crippen LogP contribution in [0.25, 0.3) is 4.96 Å². The van der Waals surface area contributed by atoms with Crippen LogP contribution in [0, 0.1) is 0 Å². The van der Waals surface area contributed by atoms with Crippen LogP contribution >= 0.6 is 11.3 Å². The van der Waals surface area contributed by atoms with Crippen molar-refractivity contribution in [2.75, 3.05) is 0 Å². The summed E-state index contributed by atoms with van der Waals surface area (Å²) in [5, 5.41) is 0. The summed E-state index contributed by atoms with van der Waals surface area (Å²) in [4.78, 5) is 6.55.